The Hall–Kier alpha value is -5.92. The van der Waals surface area contributed by atoms with Gasteiger partial charge in [0.1, 0.15) is 0 Å². The van der Waals surface area contributed by atoms with Gasteiger partial charge in [-0.2, -0.15) is 0 Å². The summed E-state index contributed by atoms with van der Waals surface area (Å²) >= 11 is 0. The maximum absolute atomic E-state index is 2.47. The second-order valence-corrected chi connectivity index (χ2v) is 16.1. The van der Waals surface area contributed by atoms with Crippen molar-refractivity contribution >= 4 is 22.1 Å². The highest BCUT2D eigenvalue weighted by atomic mass is 15.1. The minimum atomic E-state index is -0.0779. The zero-order valence-corrected chi connectivity index (χ0v) is 30.9. The third-order valence-electron chi connectivity index (χ3n) is 12.4. The molecular formula is C52H43N. The molecule has 53 heavy (non-hydrogen) atoms. The van der Waals surface area contributed by atoms with E-state index in [1.165, 1.54) is 83.4 Å². The van der Waals surface area contributed by atoms with Crippen LogP contribution in [0.2, 0.25) is 0 Å². The van der Waals surface area contributed by atoms with Gasteiger partial charge in [0.25, 0.3) is 0 Å². The smallest absolute Gasteiger partial charge is 0.0464 e. The molecule has 0 fully saturated rings. The number of hydrogen-bond donors (Lipinski definition) is 0. The maximum Gasteiger partial charge on any atom is 0.0464 e. The second kappa shape index (κ2) is 11.8. The largest absolute Gasteiger partial charge is 0.311 e. The quantitative estimate of drug-likeness (QED) is 0.175. The van der Waals surface area contributed by atoms with Gasteiger partial charge in [-0.1, -0.05) is 161 Å². The van der Waals surface area contributed by atoms with Crippen molar-refractivity contribution in [3.05, 3.63) is 203 Å². The summed E-state index contributed by atoms with van der Waals surface area (Å²) in [5.41, 5.74) is 18.4. The Bertz CT molecular complexity index is 2630. The lowest BCUT2D eigenvalue weighted by Crippen LogP contribution is -2.19. The van der Waals surface area contributed by atoms with Gasteiger partial charge >= 0.3 is 0 Å². The van der Waals surface area contributed by atoms with Crippen molar-refractivity contribution in [2.45, 2.75) is 50.9 Å². The van der Waals surface area contributed by atoms with Crippen LogP contribution in [0.25, 0.3) is 44.2 Å². The van der Waals surface area contributed by atoms with E-state index in [4.69, 9.17) is 0 Å². The zero-order valence-electron chi connectivity index (χ0n) is 30.9. The van der Waals surface area contributed by atoms with E-state index in [0.29, 0.717) is 5.92 Å². The molecule has 10 rings (SSSR count). The van der Waals surface area contributed by atoms with Crippen LogP contribution in [0.3, 0.4) is 0 Å². The Kier molecular flexibility index (Phi) is 7.08. The molecular weight excluding hydrogens is 639 g/mol. The molecule has 0 aliphatic heterocycles. The highest BCUT2D eigenvalue weighted by molar-refractivity contribution is 6.08. The van der Waals surface area contributed by atoms with Gasteiger partial charge in [-0.15, -0.1) is 0 Å². The summed E-state index contributed by atoms with van der Waals surface area (Å²) in [6.07, 6.45) is 8.11. The number of rotatable bonds is 5. The van der Waals surface area contributed by atoms with Crippen LogP contribution in [0.15, 0.2) is 176 Å². The summed E-state index contributed by atoms with van der Waals surface area (Å²) in [4.78, 5) is 2.47. The molecule has 0 aromatic heterocycles. The first-order valence-corrected chi connectivity index (χ1v) is 19.0. The number of fused-ring (bicyclic) bond motifs is 7. The van der Waals surface area contributed by atoms with E-state index in [9.17, 15) is 0 Å². The Morgan fingerprint density at radius 3 is 1.89 bits per heavy atom. The Balaban J connectivity index is 1.11. The highest BCUT2D eigenvalue weighted by Gasteiger charge is 2.38. The van der Waals surface area contributed by atoms with E-state index < -0.39 is 0 Å². The third-order valence-corrected chi connectivity index (χ3v) is 12.4. The molecule has 1 nitrogen and oxygen atoms in total. The van der Waals surface area contributed by atoms with Gasteiger partial charge in [0, 0.05) is 33.8 Å². The Morgan fingerprint density at radius 2 is 1.13 bits per heavy atom. The topological polar surface area (TPSA) is 3.24 Å². The van der Waals surface area contributed by atoms with E-state index in [1.54, 1.807) is 0 Å². The molecule has 7 aromatic carbocycles. The number of allylic oxidation sites excluding steroid dienone is 3. The summed E-state index contributed by atoms with van der Waals surface area (Å²) in [5, 5.41) is 2.59. The molecule has 0 spiro atoms. The molecule has 0 radical (unpaired) electrons. The van der Waals surface area contributed by atoms with Gasteiger partial charge < -0.3 is 4.90 Å². The normalized spacial score (nSPS) is 17.1. The van der Waals surface area contributed by atoms with Crippen molar-refractivity contribution in [2.75, 3.05) is 4.90 Å². The van der Waals surface area contributed by atoms with Gasteiger partial charge in [0.05, 0.1) is 0 Å². The van der Waals surface area contributed by atoms with Crippen LogP contribution in [0, 0.1) is 0 Å². The summed E-state index contributed by atoms with van der Waals surface area (Å²) in [6, 6.07) is 56.6. The molecule has 7 aromatic rings. The van der Waals surface area contributed by atoms with E-state index in [1.807, 2.05) is 0 Å². The van der Waals surface area contributed by atoms with Crippen LogP contribution in [0.1, 0.15) is 67.9 Å². The van der Waals surface area contributed by atoms with Gasteiger partial charge in [-0.25, -0.2) is 0 Å². The van der Waals surface area contributed by atoms with Gasteiger partial charge in [-0.3, -0.25) is 0 Å². The van der Waals surface area contributed by atoms with Crippen molar-refractivity contribution < 1.29 is 0 Å². The van der Waals surface area contributed by atoms with Crippen molar-refractivity contribution in [2.24, 2.45) is 0 Å². The average Bonchev–Trinajstić information content (AvgIpc) is 3.57. The lowest BCUT2D eigenvalue weighted by molar-refractivity contribution is 0.660. The molecule has 1 unspecified atom stereocenters. The van der Waals surface area contributed by atoms with Crippen LogP contribution < -0.4 is 4.90 Å². The zero-order chi connectivity index (χ0) is 35.9. The van der Waals surface area contributed by atoms with Crippen LogP contribution >= 0.6 is 0 Å². The maximum atomic E-state index is 2.47. The fraction of sp³-hybridized carbons (Fsp3) is 0.154. The predicted octanol–water partition coefficient (Wildman–Crippen LogP) is 13.9. The molecule has 3 aliphatic rings. The van der Waals surface area contributed by atoms with Gasteiger partial charge in [0.2, 0.25) is 0 Å². The van der Waals surface area contributed by atoms with Crippen LogP contribution in [-0.4, -0.2) is 0 Å². The third kappa shape index (κ3) is 4.84. The summed E-state index contributed by atoms with van der Waals surface area (Å²) in [6.45, 7) is 9.49. The predicted molar refractivity (Wildman–Crippen MR) is 224 cm³/mol. The first-order valence-electron chi connectivity index (χ1n) is 19.0. The second-order valence-electron chi connectivity index (χ2n) is 16.1. The molecule has 0 saturated heterocycles. The highest BCUT2D eigenvalue weighted by Crippen LogP contribution is 2.55. The van der Waals surface area contributed by atoms with Crippen molar-refractivity contribution in [3.8, 4) is 33.4 Å². The molecule has 1 heteroatoms. The number of anilines is 2. The van der Waals surface area contributed by atoms with Crippen LogP contribution in [0.4, 0.5) is 11.4 Å². The number of benzene rings is 7. The SMILES string of the molecule is CC1(C)c2ccccc2-c2ccc(N(C3=CCC(c4ccccc4)C=C3)c3ccc(-c4c5c(cc6ccccc46)C(C)(C)c4ccccc4-5)cc3)cc21. The molecule has 3 aliphatic carbocycles. The lowest BCUT2D eigenvalue weighted by Gasteiger charge is -2.31. The Morgan fingerprint density at radius 1 is 0.509 bits per heavy atom. The van der Waals surface area contributed by atoms with Crippen LogP contribution in [-0.2, 0) is 10.8 Å². The van der Waals surface area contributed by atoms with E-state index in [2.05, 4.69) is 202 Å². The summed E-state index contributed by atoms with van der Waals surface area (Å²) < 4.78 is 0. The summed E-state index contributed by atoms with van der Waals surface area (Å²) in [5.74, 6) is 0.373. The summed E-state index contributed by atoms with van der Waals surface area (Å²) in [7, 11) is 0. The average molecular weight is 682 g/mol. The molecule has 0 saturated carbocycles. The van der Waals surface area contributed by atoms with Crippen molar-refractivity contribution in [3.63, 3.8) is 0 Å². The minimum absolute atomic E-state index is 0.0696. The van der Waals surface area contributed by atoms with E-state index in [-0.39, 0.29) is 10.8 Å². The van der Waals surface area contributed by atoms with E-state index >= 15 is 0 Å². The fourth-order valence-electron chi connectivity index (χ4n) is 9.59. The first-order chi connectivity index (χ1) is 25.8. The van der Waals surface area contributed by atoms with E-state index in [0.717, 1.165) is 12.1 Å². The Labute approximate surface area is 313 Å². The molecule has 0 N–H and O–H groups in total. The molecule has 0 bridgehead atoms. The standard InChI is InChI=1S/C52H43N/c1-51(2)45-20-12-10-18-42(45)43-31-30-40(33-47(43)51)53(38-26-22-35(23-27-38)34-14-6-5-7-15-34)39-28-24-36(25-29-39)49-41-17-9-8-16-37(41)32-48-50(49)44-19-11-13-21-46(44)52(48,3)4/h5-22,24-33,35H,23H2,1-4H3. The van der Waals surface area contributed by atoms with Gasteiger partial charge in [-0.05, 0) is 115 Å². The van der Waals surface area contributed by atoms with Crippen LogP contribution in [0.5, 0.6) is 0 Å². The van der Waals surface area contributed by atoms with Crippen molar-refractivity contribution in [1.29, 1.82) is 0 Å². The monoisotopic (exact) mass is 681 g/mol. The molecule has 1 atom stereocenters. The minimum Gasteiger partial charge on any atom is -0.311 e. The van der Waals surface area contributed by atoms with Crippen molar-refractivity contribution in [1.82, 2.24) is 0 Å². The molecule has 0 amide bonds. The molecule has 0 heterocycles. The number of nitrogens with zero attached hydrogens (tertiary/aromatic N) is 1. The molecule has 256 valence electrons. The lowest BCUT2D eigenvalue weighted by atomic mass is 9.80. The first kappa shape index (κ1) is 31.8. The van der Waals surface area contributed by atoms with Gasteiger partial charge in [0.15, 0.2) is 0 Å². The fourth-order valence-corrected chi connectivity index (χ4v) is 9.59. The number of hydrogen-bond acceptors (Lipinski definition) is 1.